The largest absolute Gasteiger partial charge is 0.476 e. The van der Waals surface area contributed by atoms with E-state index in [1.165, 1.54) is 22.9 Å². The van der Waals surface area contributed by atoms with Gasteiger partial charge < -0.3 is 15.2 Å². The lowest BCUT2D eigenvalue weighted by atomic mass is 10.2. The van der Waals surface area contributed by atoms with E-state index in [9.17, 15) is 23.1 Å². The van der Waals surface area contributed by atoms with E-state index >= 15 is 0 Å². The number of carbonyl (C=O) groups excluding carboxylic acids is 1. The fourth-order valence-corrected chi connectivity index (χ4v) is 4.93. The van der Waals surface area contributed by atoms with Gasteiger partial charge in [0.25, 0.3) is 0 Å². The first-order chi connectivity index (χ1) is 17.4. The number of carboxylic acid groups (broad SMARTS) is 1. The summed E-state index contributed by atoms with van der Waals surface area (Å²) in [6.07, 6.45) is 0.556. The van der Waals surface area contributed by atoms with Gasteiger partial charge in [0, 0.05) is 23.2 Å². The van der Waals surface area contributed by atoms with Crippen LogP contribution in [0.3, 0.4) is 0 Å². The third-order valence-electron chi connectivity index (χ3n) is 5.82. The van der Waals surface area contributed by atoms with Crippen molar-refractivity contribution in [2.24, 2.45) is 5.92 Å². The average Bonchev–Trinajstić information content (AvgIpc) is 3.15. The van der Waals surface area contributed by atoms with Crippen LogP contribution in [0.15, 0.2) is 47.4 Å². The Morgan fingerprint density at radius 1 is 1.11 bits per heavy atom. The number of para-hydroxylation sites is 1. The summed E-state index contributed by atoms with van der Waals surface area (Å²) in [6, 6.07) is 11.1. The van der Waals surface area contributed by atoms with Gasteiger partial charge in [-0.1, -0.05) is 39.0 Å². The van der Waals surface area contributed by atoms with Crippen molar-refractivity contribution in [3.63, 3.8) is 0 Å². The molecule has 0 radical (unpaired) electrons. The molecule has 0 fully saturated rings. The van der Waals surface area contributed by atoms with E-state index in [0.717, 1.165) is 5.56 Å². The number of nitrogens with one attached hydrogen (secondary N) is 2. The zero-order chi connectivity index (χ0) is 27.5. The van der Waals surface area contributed by atoms with Crippen LogP contribution in [-0.4, -0.2) is 41.2 Å². The molecular formula is C26H32N4O6S. The van der Waals surface area contributed by atoms with Crippen LogP contribution in [0.4, 0.5) is 5.69 Å². The molecule has 1 aromatic heterocycles. The number of benzene rings is 2. The molecule has 3 aromatic rings. The summed E-state index contributed by atoms with van der Waals surface area (Å²) in [4.78, 5) is 23.9. The number of rotatable bonds is 10. The second-order valence-electron chi connectivity index (χ2n) is 9.12. The van der Waals surface area contributed by atoms with Gasteiger partial charge in [-0.3, -0.25) is 4.79 Å². The smallest absolute Gasteiger partial charge is 0.356 e. The quantitative estimate of drug-likeness (QED) is 0.348. The lowest BCUT2D eigenvalue weighted by Gasteiger charge is -2.18. The molecule has 2 aromatic carbocycles. The standard InChI is InChI=1S/C26H32N4O6S/c1-7-17(5)29-37(34,35)22-14-19(27-24(31)15(2)3)12-13-21(22)36-25-18(6)23(26(32)33)28-30(25)20-11-9-8-10-16(20)4/h8-15,17,29H,7H2,1-6H3,(H,27,31)(H,32,33)/t17-/m0/s1. The number of carbonyl (C=O) groups is 2. The number of amides is 1. The molecule has 1 atom stereocenters. The Morgan fingerprint density at radius 2 is 1.78 bits per heavy atom. The zero-order valence-corrected chi connectivity index (χ0v) is 22.5. The van der Waals surface area contributed by atoms with E-state index in [1.807, 2.05) is 26.0 Å². The SMILES string of the molecule is CC[C@H](C)NS(=O)(=O)c1cc(NC(=O)C(C)C)ccc1Oc1c(C)c(C(=O)O)nn1-c1ccccc1C. The van der Waals surface area contributed by atoms with Crippen molar-refractivity contribution in [1.29, 1.82) is 0 Å². The number of nitrogens with zero attached hydrogens (tertiary/aromatic N) is 2. The predicted molar refractivity (Wildman–Crippen MR) is 140 cm³/mol. The minimum atomic E-state index is -4.08. The molecule has 0 unspecified atom stereocenters. The highest BCUT2D eigenvalue weighted by molar-refractivity contribution is 7.89. The van der Waals surface area contributed by atoms with Crippen LogP contribution < -0.4 is 14.8 Å². The van der Waals surface area contributed by atoms with Gasteiger partial charge in [0.05, 0.1) is 5.69 Å². The molecular weight excluding hydrogens is 496 g/mol. The molecule has 0 bridgehead atoms. The summed E-state index contributed by atoms with van der Waals surface area (Å²) in [5.74, 6) is -1.81. The minimum absolute atomic E-state index is 0.0480. The third-order valence-corrected chi connectivity index (χ3v) is 7.43. The maximum Gasteiger partial charge on any atom is 0.356 e. The van der Waals surface area contributed by atoms with E-state index in [2.05, 4.69) is 15.1 Å². The number of ether oxygens (including phenoxy) is 1. The van der Waals surface area contributed by atoms with Gasteiger partial charge in [-0.05, 0) is 57.0 Å². The summed E-state index contributed by atoms with van der Waals surface area (Å²) in [6.45, 7) is 10.4. The molecule has 1 heterocycles. The number of aromatic carboxylic acids is 1. The first kappa shape index (κ1) is 27.9. The predicted octanol–water partition coefficient (Wildman–Crippen LogP) is 4.65. The number of aromatic nitrogens is 2. The fourth-order valence-electron chi connectivity index (χ4n) is 3.45. The van der Waals surface area contributed by atoms with Crippen molar-refractivity contribution in [3.8, 4) is 17.3 Å². The zero-order valence-electron chi connectivity index (χ0n) is 21.7. The summed E-state index contributed by atoms with van der Waals surface area (Å²) >= 11 is 0. The van der Waals surface area contributed by atoms with Crippen LogP contribution in [0.2, 0.25) is 0 Å². The molecule has 3 N–H and O–H groups in total. The van der Waals surface area contributed by atoms with Gasteiger partial charge in [-0.2, -0.15) is 9.78 Å². The van der Waals surface area contributed by atoms with Gasteiger partial charge in [-0.25, -0.2) is 17.9 Å². The van der Waals surface area contributed by atoms with E-state index in [1.54, 1.807) is 39.8 Å². The fraction of sp³-hybridized carbons (Fsp3) is 0.346. The van der Waals surface area contributed by atoms with Crippen molar-refractivity contribution in [2.45, 2.75) is 58.9 Å². The van der Waals surface area contributed by atoms with Gasteiger partial charge in [0.15, 0.2) is 5.69 Å². The Balaban J connectivity index is 2.19. The maximum absolute atomic E-state index is 13.4. The molecule has 0 spiro atoms. The molecule has 11 heteroatoms. The molecule has 198 valence electrons. The Kier molecular flexibility index (Phi) is 8.39. The molecule has 3 rings (SSSR count). The van der Waals surface area contributed by atoms with Crippen LogP contribution in [0.5, 0.6) is 11.6 Å². The highest BCUT2D eigenvalue weighted by Gasteiger charge is 2.27. The number of aryl methyl sites for hydroxylation is 1. The Labute approximate surface area is 216 Å². The number of hydrogen-bond acceptors (Lipinski definition) is 6. The lowest BCUT2D eigenvalue weighted by molar-refractivity contribution is -0.118. The second-order valence-corrected chi connectivity index (χ2v) is 10.8. The van der Waals surface area contributed by atoms with Crippen molar-refractivity contribution < 1.29 is 27.9 Å². The Morgan fingerprint density at radius 3 is 2.38 bits per heavy atom. The number of carboxylic acids is 1. The Bertz CT molecular complexity index is 1430. The topological polar surface area (TPSA) is 140 Å². The second kappa shape index (κ2) is 11.1. The lowest BCUT2D eigenvalue weighted by Crippen LogP contribution is -2.32. The number of hydrogen-bond donors (Lipinski definition) is 3. The normalized spacial score (nSPS) is 12.4. The van der Waals surface area contributed by atoms with Gasteiger partial charge in [-0.15, -0.1) is 0 Å². The van der Waals surface area contributed by atoms with Crippen molar-refractivity contribution >= 4 is 27.6 Å². The molecule has 0 aliphatic rings. The van der Waals surface area contributed by atoms with E-state index in [0.29, 0.717) is 12.1 Å². The molecule has 10 nitrogen and oxygen atoms in total. The summed E-state index contributed by atoms with van der Waals surface area (Å²) in [5, 5.41) is 16.6. The van der Waals surface area contributed by atoms with Crippen LogP contribution in [0.25, 0.3) is 5.69 Å². The molecule has 0 aliphatic heterocycles. The van der Waals surface area contributed by atoms with Crippen molar-refractivity contribution in [3.05, 3.63) is 59.3 Å². The molecule has 0 saturated carbocycles. The van der Waals surface area contributed by atoms with Crippen LogP contribution in [0, 0.1) is 19.8 Å². The molecule has 37 heavy (non-hydrogen) atoms. The Hall–Kier alpha value is -3.70. The van der Waals surface area contributed by atoms with Crippen molar-refractivity contribution in [1.82, 2.24) is 14.5 Å². The first-order valence-electron chi connectivity index (χ1n) is 11.9. The van der Waals surface area contributed by atoms with E-state index in [4.69, 9.17) is 4.74 Å². The number of sulfonamides is 1. The third kappa shape index (κ3) is 6.17. The summed E-state index contributed by atoms with van der Waals surface area (Å²) in [5.41, 5.74) is 1.68. The molecule has 1 amide bonds. The molecule has 0 saturated heterocycles. The highest BCUT2D eigenvalue weighted by Crippen LogP contribution is 2.36. The van der Waals surface area contributed by atoms with E-state index in [-0.39, 0.29) is 51.3 Å². The average molecular weight is 529 g/mol. The highest BCUT2D eigenvalue weighted by atomic mass is 32.2. The number of anilines is 1. The van der Waals surface area contributed by atoms with Crippen LogP contribution in [-0.2, 0) is 14.8 Å². The van der Waals surface area contributed by atoms with Crippen molar-refractivity contribution in [2.75, 3.05) is 5.32 Å². The summed E-state index contributed by atoms with van der Waals surface area (Å²) in [7, 11) is -4.08. The summed E-state index contributed by atoms with van der Waals surface area (Å²) < 4.78 is 36.8. The maximum atomic E-state index is 13.4. The molecule has 0 aliphatic carbocycles. The van der Waals surface area contributed by atoms with Crippen LogP contribution >= 0.6 is 0 Å². The van der Waals surface area contributed by atoms with Gasteiger partial charge in [0.2, 0.25) is 21.8 Å². The van der Waals surface area contributed by atoms with Gasteiger partial charge >= 0.3 is 5.97 Å². The monoisotopic (exact) mass is 528 g/mol. The van der Waals surface area contributed by atoms with Crippen LogP contribution in [0.1, 0.15) is 55.7 Å². The minimum Gasteiger partial charge on any atom is -0.476 e. The van der Waals surface area contributed by atoms with Gasteiger partial charge in [0.1, 0.15) is 10.6 Å². The van der Waals surface area contributed by atoms with E-state index < -0.39 is 16.0 Å². The first-order valence-corrected chi connectivity index (χ1v) is 13.4.